The van der Waals surface area contributed by atoms with Crippen molar-refractivity contribution in [2.45, 2.75) is 58.0 Å². The van der Waals surface area contributed by atoms with Gasteiger partial charge in [-0.05, 0) is 73.6 Å². The molecule has 1 aliphatic rings. The number of hydrogen-bond acceptors (Lipinski definition) is 3. The Morgan fingerprint density at radius 3 is 1.77 bits per heavy atom. The lowest BCUT2D eigenvalue weighted by molar-refractivity contribution is 0.0567. The highest BCUT2D eigenvalue weighted by Gasteiger charge is 2.36. The second-order valence-electron chi connectivity index (χ2n) is 7.63. The van der Waals surface area contributed by atoms with E-state index in [4.69, 9.17) is 0 Å². The van der Waals surface area contributed by atoms with Crippen LogP contribution < -0.4 is 4.72 Å². The van der Waals surface area contributed by atoms with Crippen LogP contribution in [-0.4, -0.2) is 25.7 Å². The minimum Gasteiger partial charge on any atom is -0.388 e. The third-order valence-electron chi connectivity index (χ3n) is 5.95. The summed E-state index contributed by atoms with van der Waals surface area (Å²) in [5.41, 5.74) is 5.78. The van der Waals surface area contributed by atoms with Crippen LogP contribution in [0.5, 0.6) is 0 Å². The Hall–Kier alpha value is -1.69. The molecule has 0 spiro atoms. The molecule has 0 aromatic heterocycles. The summed E-state index contributed by atoms with van der Waals surface area (Å²) >= 11 is 0. The fraction of sp³-hybridized carbons (Fsp3) is 0.429. The lowest BCUT2D eigenvalue weighted by Gasteiger charge is -2.24. The normalized spacial score (nSPS) is 15.9. The van der Waals surface area contributed by atoms with E-state index in [0.717, 1.165) is 38.9 Å². The van der Waals surface area contributed by atoms with Gasteiger partial charge in [0.05, 0.1) is 10.5 Å². The molecule has 0 fully saturated rings. The smallest absolute Gasteiger partial charge is 0.241 e. The van der Waals surface area contributed by atoms with E-state index in [9.17, 15) is 13.5 Å². The molecule has 0 saturated carbocycles. The van der Waals surface area contributed by atoms with Crippen LogP contribution in [0.4, 0.5) is 0 Å². The van der Waals surface area contributed by atoms with Gasteiger partial charge in [0.1, 0.15) is 0 Å². The van der Waals surface area contributed by atoms with Gasteiger partial charge >= 0.3 is 0 Å². The molecule has 5 heteroatoms. The highest BCUT2D eigenvalue weighted by atomic mass is 32.2. The summed E-state index contributed by atoms with van der Waals surface area (Å²) in [4.78, 5) is 0.345. The van der Waals surface area contributed by atoms with Crippen molar-refractivity contribution in [3.8, 4) is 0 Å². The summed E-state index contributed by atoms with van der Waals surface area (Å²) in [6.07, 6.45) is 0.936. The topological polar surface area (TPSA) is 66.4 Å². The van der Waals surface area contributed by atoms with Gasteiger partial charge in [-0.15, -0.1) is 0 Å². The van der Waals surface area contributed by atoms with Gasteiger partial charge in [0.2, 0.25) is 10.0 Å². The van der Waals surface area contributed by atoms with Crippen LogP contribution in [0.1, 0.15) is 38.9 Å². The number of aliphatic hydroxyl groups is 1. The highest BCUT2D eigenvalue weighted by Crippen LogP contribution is 2.32. The molecule has 2 aromatic rings. The number of hydrogen-bond donors (Lipinski definition) is 2. The minimum absolute atomic E-state index is 0.00879. The summed E-state index contributed by atoms with van der Waals surface area (Å²) in [5.74, 6) is 0. The molecule has 0 saturated heterocycles. The molecule has 2 N–H and O–H groups in total. The van der Waals surface area contributed by atoms with Crippen LogP contribution in [0.3, 0.4) is 0 Å². The van der Waals surface area contributed by atoms with E-state index >= 15 is 0 Å². The van der Waals surface area contributed by atoms with Gasteiger partial charge in [-0.25, -0.2) is 13.1 Å². The number of rotatable bonds is 4. The Kier molecular flexibility index (Phi) is 4.76. The van der Waals surface area contributed by atoms with Gasteiger partial charge in [-0.2, -0.15) is 0 Å². The first kappa shape index (κ1) is 19.1. The molecule has 140 valence electrons. The summed E-state index contributed by atoms with van der Waals surface area (Å²) < 4.78 is 28.7. The van der Waals surface area contributed by atoms with Crippen molar-refractivity contribution in [2.24, 2.45) is 0 Å². The lowest BCUT2D eigenvalue weighted by Crippen LogP contribution is -2.44. The maximum absolute atomic E-state index is 13.0. The average Bonchev–Trinajstić information content (AvgIpc) is 2.93. The molecule has 3 rings (SSSR count). The van der Waals surface area contributed by atoms with E-state index in [0.29, 0.717) is 17.7 Å². The molecule has 0 aliphatic heterocycles. The summed E-state index contributed by atoms with van der Waals surface area (Å²) in [6, 6.07) is 7.87. The van der Waals surface area contributed by atoms with Crippen molar-refractivity contribution in [1.82, 2.24) is 4.72 Å². The Balaban J connectivity index is 1.88. The van der Waals surface area contributed by atoms with E-state index in [1.165, 1.54) is 0 Å². The van der Waals surface area contributed by atoms with E-state index < -0.39 is 15.6 Å². The van der Waals surface area contributed by atoms with Gasteiger partial charge in [-0.1, -0.05) is 24.3 Å². The summed E-state index contributed by atoms with van der Waals surface area (Å²) in [7, 11) is -3.71. The Morgan fingerprint density at radius 1 is 0.885 bits per heavy atom. The molecular weight excluding hydrogens is 346 g/mol. The summed E-state index contributed by atoms with van der Waals surface area (Å²) in [5, 5.41) is 10.9. The highest BCUT2D eigenvalue weighted by molar-refractivity contribution is 7.89. The molecular formula is C21H27NO3S. The van der Waals surface area contributed by atoms with Crippen LogP contribution in [0.2, 0.25) is 0 Å². The molecule has 1 aliphatic carbocycles. The first-order valence-corrected chi connectivity index (χ1v) is 10.4. The molecule has 0 heterocycles. The van der Waals surface area contributed by atoms with Crippen LogP contribution in [0, 0.1) is 34.6 Å². The molecule has 0 radical (unpaired) electrons. The zero-order valence-electron chi connectivity index (χ0n) is 16.1. The van der Waals surface area contributed by atoms with Gasteiger partial charge in [0.15, 0.2) is 0 Å². The third-order valence-corrected chi connectivity index (χ3v) is 7.62. The molecule has 0 bridgehead atoms. The quantitative estimate of drug-likeness (QED) is 0.866. The van der Waals surface area contributed by atoms with Crippen molar-refractivity contribution in [1.29, 1.82) is 0 Å². The Morgan fingerprint density at radius 2 is 1.31 bits per heavy atom. The Labute approximate surface area is 156 Å². The second-order valence-corrected chi connectivity index (χ2v) is 9.33. The van der Waals surface area contributed by atoms with Crippen LogP contribution in [0.15, 0.2) is 29.2 Å². The number of nitrogens with one attached hydrogen (secondary N) is 1. The lowest BCUT2D eigenvalue weighted by atomic mass is 9.95. The number of benzene rings is 2. The molecule has 2 aromatic carbocycles. The van der Waals surface area contributed by atoms with Crippen molar-refractivity contribution < 1.29 is 13.5 Å². The van der Waals surface area contributed by atoms with Gasteiger partial charge < -0.3 is 5.11 Å². The van der Waals surface area contributed by atoms with Gasteiger partial charge in [0, 0.05) is 19.4 Å². The van der Waals surface area contributed by atoms with Crippen LogP contribution >= 0.6 is 0 Å². The molecule has 0 amide bonds. The maximum atomic E-state index is 13.0. The predicted molar refractivity (Wildman–Crippen MR) is 104 cm³/mol. The largest absolute Gasteiger partial charge is 0.388 e. The van der Waals surface area contributed by atoms with Crippen LogP contribution in [0.25, 0.3) is 0 Å². The standard InChI is InChI=1S/C21H27NO3S/c1-13-14(2)16(4)20(17(5)15(13)3)26(24,25)22-12-21(23)10-18-8-6-7-9-19(18)11-21/h6-9,22-23H,10-12H2,1-5H3. The molecule has 4 nitrogen and oxygen atoms in total. The number of fused-ring (bicyclic) bond motifs is 1. The monoisotopic (exact) mass is 373 g/mol. The first-order valence-electron chi connectivity index (χ1n) is 8.91. The van der Waals surface area contributed by atoms with E-state index in [1.807, 2.05) is 58.9 Å². The molecule has 0 unspecified atom stereocenters. The summed E-state index contributed by atoms with van der Waals surface area (Å²) in [6.45, 7) is 9.64. The van der Waals surface area contributed by atoms with E-state index in [1.54, 1.807) is 0 Å². The zero-order chi connectivity index (χ0) is 19.3. The zero-order valence-corrected chi connectivity index (χ0v) is 16.9. The SMILES string of the molecule is Cc1c(C)c(C)c(S(=O)(=O)NCC2(O)Cc3ccccc3C2)c(C)c1C. The van der Waals surface area contributed by atoms with E-state index in [-0.39, 0.29) is 6.54 Å². The first-order chi connectivity index (χ1) is 12.1. The number of sulfonamides is 1. The second kappa shape index (κ2) is 6.48. The maximum Gasteiger partial charge on any atom is 0.241 e. The fourth-order valence-electron chi connectivity index (χ4n) is 3.97. The van der Waals surface area contributed by atoms with Crippen molar-refractivity contribution in [3.05, 3.63) is 63.2 Å². The minimum atomic E-state index is -3.71. The van der Waals surface area contributed by atoms with Crippen molar-refractivity contribution >= 4 is 10.0 Å². The average molecular weight is 374 g/mol. The molecule has 26 heavy (non-hydrogen) atoms. The Bertz CT molecular complexity index is 923. The van der Waals surface area contributed by atoms with Crippen molar-refractivity contribution in [2.75, 3.05) is 6.54 Å². The third kappa shape index (κ3) is 3.20. The predicted octanol–water partition coefficient (Wildman–Crippen LogP) is 3.04. The van der Waals surface area contributed by atoms with Crippen LogP contribution in [-0.2, 0) is 22.9 Å². The van der Waals surface area contributed by atoms with Gasteiger partial charge in [0.25, 0.3) is 0 Å². The fourth-order valence-corrected chi connectivity index (χ4v) is 5.68. The van der Waals surface area contributed by atoms with Crippen molar-refractivity contribution in [3.63, 3.8) is 0 Å². The molecule has 0 atom stereocenters. The van der Waals surface area contributed by atoms with Gasteiger partial charge in [-0.3, -0.25) is 0 Å². The van der Waals surface area contributed by atoms with E-state index in [2.05, 4.69) is 4.72 Å².